The van der Waals surface area contributed by atoms with Gasteiger partial charge in [-0.05, 0) is 20.8 Å². The summed E-state index contributed by atoms with van der Waals surface area (Å²) >= 11 is 0. The lowest BCUT2D eigenvalue weighted by atomic mass is 10.2. The average Bonchev–Trinajstić information content (AvgIpc) is 2.86. The first kappa shape index (κ1) is 15.5. The van der Waals surface area contributed by atoms with Crippen molar-refractivity contribution in [2.75, 3.05) is 5.32 Å². The van der Waals surface area contributed by atoms with Crippen molar-refractivity contribution in [3.63, 3.8) is 0 Å². The Morgan fingerprint density at radius 2 is 2.14 bits per heavy atom. The van der Waals surface area contributed by atoms with Gasteiger partial charge in [0.1, 0.15) is 12.2 Å². The Balaban J connectivity index is 2.10. The molecule has 3 N–H and O–H groups in total. The second kappa shape index (κ2) is 6.29. The summed E-state index contributed by atoms with van der Waals surface area (Å²) in [5, 5.41) is 18.2. The average molecular weight is 304 g/mol. The highest BCUT2D eigenvalue weighted by Gasteiger charge is 2.15. The summed E-state index contributed by atoms with van der Waals surface area (Å²) in [4.78, 5) is 34.3. The number of aromatic nitrogens is 5. The number of carboxylic acids is 1. The fraction of sp³-hybridized carbons (Fsp3) is 0.385. The summed E-state index contributed by atoms with van der Waals surface area (Å²) in [5.74, 6) is -0.0422. The molecular formula is C13H16N6O3. The minimum Gasteiger partial charge on any atom is -0.481 e. The van der Waals surface area contributed by atoms with Gasteiger partial charge in [-0.25, -0.2) is 15.0 Å². The second-order valence-corrected chi connectivity index (χ2v) is 4.83. The molecule has 0 aromatic carbocycles. The van der Waals surface area contributed by atoms with E-state index in [2.05, 4.69) is 30.5 Å². The number of carbonyl (C=O) groups is 2. The third kappa shape index (κ3) is 3.62. The van der Waals surface area contributed by atoms with E-state index in [1.165, 1.54) is 13.1 Å². The van der Waals surface area contributed by atoms with E-state index in [1.54, 1.807) is 13.8 Å². The first-order chi connectivity index (χ1) is 10.4. The molecule has 2 rings (SSSR count). The van der Waals surface area contributed by atoms with Gasteiger partial charge in [0.2, 0.25) is 5.95 Å². The van der Waals surface area contributed by atoms with Crippen LogP contribution < -0.4 is 5.32 Å². The van der Waals surface area contributed by atoms with Crippen LogP contribution in [-0.4, -0.2) is 42.0 Å². The van der Waals surface area contributed by atoms with Gasteiger partial charge < -0.3 is 10.4 Å². The van der Waals surface area contributed by atoms with Gasteiger partial charge in [-0.15, -0.1) is 0 Å². The highest BCUT2D eigenvalue weighted by molar-refractivity contribution is 5.94. The smallest absolute Gasteiger partial charge is 0.311 e. The van der Waals surface area contributed by atoms with Crippen molar-refractivity contribution < 1.29 is 14.7 Å². The molecule has 0 radical (unpaired) electrons. The lowest BCUT2D eigenvalue weighted by molar-refractivity contribution is -0.136. The summed E-state index contributed by atoms with van der Waals surface area (Å²) in [5.41, 5.74) is 1.05. The highest BCUT2D eigenvalue weighted by atomic mass is 16.4. The number of aliphatic carboxylic acids is 1. The third-order valence-electron chi connectivity index (χ3n) is 2.96. The molecule has 22 heavy (non-hydrogen) atoms. The minimum absolute atomic E-state index is 0.0932. The van der Waals surface area contributed by atoms with Crippen molar-refractivity contribution in [3.05, 3.63) is 29.1 Å². The number of H-pyrrole nitrogens is 1. The lowest BCUT2D eigenvalue weighted by Crippen LogP contribution is -2.13. The fourth-order valence-electron chi connectivity index (χ4n) is 1.87. The Morgan fingerprint density at radius 3 is 2.73 bits per heavy atom. The number of hydrogen-bond donors (Lipinski definition) is 3. The minimum atomic E-state index is -0.984. The van der Waals surface area contributed by atoms with Crippen molar-refractivity contribution in [2.45, 2.75) is 33.2 Å². The number of hydrogen-bond acceptors (Lipinski definition) is 7. The van der Waals surface area contributed by atoms with E-state index < -0.39 is 5.97 Å². The third-order valence-corrected chi connectivity index (χ3v) is 2.96. The molecule has 1 atom stereocenters. The maximum Gasteiger partial charge on any atom is 0.311 e. The second-order valence-electron chi connectivity index (χ2n) is 4.83. The number of carbonyl (C=O) groups excluding carboxylic acids is 1. The van der Waals surface area contributed by atoms with E-state index >= 15 is 0 Å². The molecule has 9 nitrogen and oxygen atoms in total. The number of carboxylic acid groups (broad SMARTS) is 1. The summed E-state index contributed by atoms with van der Waals surface area (Å²) in [6.45, 7) is 4.98. The van der Waals surface area contributed by atoms with Crippen LogP contribution in [0.1, 0.15) is 47.6 Å². The largest absolute Gasteiger partial charge is 0.481 e. The van der Waals surface area contributed by atoms with Gasteiger partial charge in [-0.1, -0.05) is 0 Å². The lowest BCUT2D eigenvalue weighted by Gasteiger charge is -2.11. The molecule has 0 saturated heterocycles. The van der Waals surface area contributed by atoms with Crippen LogP contribution in [0.2, 0.25) is 0 Å². The van der Waals surface area contributed by atoms with Crippen LogP contribution >= 0.6 is 0 Å². The molecule has 2 aromatic heterocycles. The molecule has 0 amide bonds. The first-order valence-electron chi connectivity index (χ1n) is 6.61. The van der Waals surface area contributed by atoms with E-state index in [9.17, 15) is 9.59 Å². The number of anilines is 1. The molecule has 116 valence electrons. The Bertz CT molecular complexity index is 712. The Kier molecular flexibility index (Phi) is 4.44. The van der Waals surface area contributed by atoms with Gasteiger partial charge in [0.05, 0.1) is 17.3 Å². The Labute approximate surface area is 126 Å². The van der Waals surface area contributed by atoms with Crippen molar-refractivity contribution in [1.29, 1.82) is 0 Å². The zero-order chi connectivity index (χ0) is 16.3. The maximum atomic E-state index is 11.3. The van der Waals surface area contributed by atoms with Gasteiger partial charge in [0.25, 0.3) is 0 Å². The SMILES string of the molecule is CC(=O)c1cnc(NC(C)c2n[nH]c(CC(=O)O)n2)nc1C. The molecule has 0 aliphatic carbocycles. The van der Waals surface area contributed by atoms with Gasteiger partial charge in [-0.3, -0.25) is 14.7 Å². The zero-order valence-corrected chi connectivity index (χ0v) is 12.4. The number of aryl methyl sites for hydroxylation is 1. The monoisotopic (exact) mass is 304 g/mol. The quantitative estimate of drug-likeness (QED) is 0.670. The fourth-order valence-corrected chi connectivity index (χ4v) is 1.87. The van der Waals surface area contributed by atoms with Crippen LogP contribution in [0.3, 0.4) is 0 Å². The number of aromatic amines is 1. The molecule has 2 aromatic rings. The van der Waals surface area contributed by atoms with Crippen molar-refractivity contribution in [3.8, 4) is 0 Å². The summed E-state index contributed by atoms with van der Waals surface area (Å²) in [7, 11) is 0. The van der Waals surface area contributed by atoms with Gasteiger partial charge in [-0.2, -0.15) is 5.10 Å². The Hall–Kier alpha value is -2.84. The molecule has 0 aliphatic rings. The number of nitrogens with zero attached hydrogens (tertiary/aromatic N) is 4. The number of Topliss-reactive ketones (excluding diaryl/α,β-unsaturated/α-hetero) is 1. The van der Waals surface area contributed by atoms with E-state index in [0.29, 0.717) is 23.0 Å². The number of rotatable bonds is 6. The predicted octanol–water partition coefficient (Wildman–Crippen LogP) is 0.906. The van der Waals surface area contributed by atoms with Crippen LogP contribution in [-0.2, 0) is 11.2 Å². The standard InChI is InChI=1S/C13H16N6O3/c1-6-9(8(3)20)5-14-13(15-6)16-7(2)12-17-10(18-19-12)4-11(21)22/h5,7H,4H2,1-3H3,(H,21,22)(H,14,15,16)(H,17,18,19). The highest BCUT2D eigenvalue weighted by Crippen LogP contribution is 2.14. The van der Waals surface area contributed by atoms with Gasteiger partial charge in [0.15, 0.2) is 11.6 Å². The normalized spacial score (nSPS) is 12.0. The number of ketones is 1. The maximum absolute atomic E-state index is 11.3. The van der Waals surface area contributed by atoms with Crippen molar-refractivity contribution in [2.24, 2.45) is 0 Å². The topological polar surface area (TPSA) is 134 Å². The Morgan fingerprint density at radius 1 is 1.41 bits per heavy atom. The van der Waals surface area contributed by atoms with Crippen LogP contribution in [0, 0.1) is 6.92 Å². The van der Waals surface area contributed by atoms with E-state index in [0.717, 1.165) is 0 Å². The first-order valence-corrected chi connectivity index (χ1v) is 6.61. The predicted molar refractivity (Wildman–Crippen MR) is 76.5 cm³/mol. The van der Waals surface area contributed by atoms with E-state index in [-0.39, 0.29) is 24.1 Å². The van der Waals surface area contributed by atoms with Crippen LogP contribution in [0.15, 0.2) is 6.20 Å². The molecule has 9 heteroatoms. The molecule has 0 fully saturated rings. The van der Waals surface area contributed by atoms with E-state index in [4.69, 9.17) is 5.11 Å². The van der Waals surface area contributed by atoms with Crippen LogP contribution in [0.25, 0.3) is 0 Å². The van der Waals surface area contributed by atoms with Crippen LogP contribution in [0.5, 0.6) is 0 Å². The molecular weight excluding hydrogens is 288 g/mol. The molecule has 0 spiro atoms. The summed E-state index contributed by atoms with van der Waals surface area (Å²) in [6.07, 6.45) is 1.25. The summed E-state index contributed by atoms with van der Waals surface area (Å²) < 4.78 is 0. The molecule has 0 aliphatic heterocycles. The molecule has 2 heterocycles. The summed E-state index contributed by atoms with van der Waals surface area (Å²) in [6, 6.07) is -0.318. The van der Waals surface area contributed by atoms with Gasteiger partial charge >= 0.3 is 5.97 Å². The van der Waals surface area contributed by atoms with E-state index in [1.807, 2.05) is 0 Å². The van der Waals surface area contributed by atoms with Crippen molar-refractivity contribution >= 4 is 17.7 Å². The van der Waals surface area contributed by atoms with Gasteiger partial charge in [0, 0.05) is 6.20 Å². The molecule has 0 saturated carbocycles. The zero-order valence-electron chi connectivity index (χ0n) is 12.4. The van der Waals surface area contributed by atoms with Crippen LogP contribution in [0.4, 0.5) is 5.95 Å². The molecule has 1 unspecified atom stereocenters. The molecule has 0 bridgehead atoms. The number of nitrogens with one attached hydrogen (secondary N) is 2. The van der Waals surface area contributed by atoms with Crippen molar-refractivity contribution in [1.82, 2.24) is 25.1 Å².